The molecule has 1 amide bonds. The maximum atomic E-state index is 13.2. The monoisotopic (exact) mass is 319 g/mol. The molecule has 0 N–H and O–H groups in total. The number of hydrogen-bond donors (Lipinski definition) is 0. The summed E-state index contributed by atoms with van der Waals surface area (Å²) in [5, 5.41) is 0.893. The summed E-state index contributed by atoms with van der Waals surface area (Å²) in [6, 6.07) is 13.6. The lowest BCUT2D eigenvalue weighted by molar-refractivity contribution is 0.0692. The molecule has 2 aromatic heterocycles. The van der Waals surface area contributed by atoms with Gasteiger partial charge in [0, 0.05) is 36.1 Å². The minimum atomic E-state index is 0.0237. The van der Waals surface area contributed by atoms with Crippen molar-refractivity contribution in [2.45, 2.75) is 33.4 Å². The van der Waals surface area contributed by atoms with Crippen molar-refractivity contribution < 1.29 is 4.79 Å². The maximum Gasteiger partial charge on any atom is 0.255 e. The van der Waals surface area contributed by atoms with Gasteiger partial charge in [-0.05, 0) is 44.5 Å². The van der Waals surface area contributed by atoms with Gasteiger partial charge in [-0.15, -0.1) is 0 Å². The van der Waals surface area contributed by atoms with Crippen LogP contribution in [0.5, 0.6) is 0 Å². The highest BCUT2D eigenvalue weighted by atomic mass is 16.2. The largest absolute Gasteiger partial charge is 0.332 e. The average Bonchev–Trinajstić information content (AvgIpc) is 2.59. The molecule has 0 aliphatic heterocycles. The molecule has 0 saturated heterocycles. The summed E-state index contributed by atoms with van der Waals surface area (Å²) in [7, 11) is 0. The van der Waals surface area contributed by atoms with Crippen molar-refractivity contribution in [1.82, 2.24) is 14.9 Å². The van der Waals surface area contributed by atoms with Crippen LogP contribution in [-0.4, -0.2) is 26.8 Å². The van der Waals surface area contributed by atoms with Gasteiger partial charge < -0.3 is 4.90 Å². The van der Waals surface area contributed by atoms with Gasteiger partial charge in [-0.2, -0.15) is 0 Å². The highest BCUT2D eigenvalue weighted by Gasteiger charge is 2.21. The predicted octanol–water partition coefficient (Wildman–Crippen LogP) is 3.99. The zero-order chi connectivity index (χ0) is 17.1. The van der Waals surface area contributed by atoms with Crippen LogP contribution in [0.2, 0.25) is 0 Å². The van der Waals surface area contributed by atoms with E-state index in [0.29, 0.717) is 12.1 Å². The van der Waals surface area contributed by atoms with Gasteiger partial charge in [-0.3, -0.25) is 14.8 Å². The molecule has 0 aliphatic rings. The lowest BCUT2D eigenvalue weighted by Gasteiger charge is -2.27. The Morgan fingerprint density at radius 3 is 2.67 bits per heavy atom. The van der Waals surface area contributed by atoms with Crippen molar-refractivity contribution in [1.29, 1.82) is 0 Å². The van der Waals surface area contributed by atoms with Gasteiger partial charge in [0.25, 0.3) is 5.91 Å². The Kier molecular flexibility index (Phi) is 4.56. The van der Waals surface area contributed by atoms with E-state index in [2.05, 4.69) is 9.97 Å². The van der Waals surface area contributed by atoms with Gasteiger partial charge in [-0.1, -0.05) is 24.3 Å². The standard InChI is InChI=1S/C20H21N3O/c1-14(2)23(13-16-7-6-10-21-12-16)20(24)18-11-15(3)22-19-9-5-4-8-17(18)19/h4-12,14H,13H2,1-3H3. The Morgan fingerprint density at radius 1 is 1.17 bits per heavy atom. The van der Waals surface area contributed by atoms with Gasteiger partial charge in [0.1, 0.15) is 0 Å². The van der Waals surface area contributed by atoms with Crippen LogP contribution in [0.25, 0.3) is 10.9 Å². The zero-order valence-electron chi connectivity index (χ0n) is 14.2. The van der Waals surface area contributed by atoms with Gasteiger partial charge in [0.2, 0.25) is 0 Å². The van der Waals surface area contributed by atoms with E-state index in [-0.39, 0.29) is 11.9 Å². The molecule has 0 atom stereocenters. The van der Waals surface area contributed by atoms with E-state index in [1.807, 2.05) is 68.1 Å². The number of pyridine rings is 2. The van der Waals surface area contributed by atoms with E-state index in [4.69, 9.17) is 0 Å². The second-order valence-corrected chi connectivity index (χ2v) is 6.22. The Balaban J connectivity index is 2.02. The fraction of sp³-hybridized carbons (Fsp3) is 0.250. The molecule has 1 aromatic carbocycles. The maximum absolute atomic E-state index is 13.2. The van der Waals surface area contributed by atoms with E-state index >= 15 is 0 Å². The van der Waals surface area contributed by atoms with Crippen molar-refractivity contribution in [2.24, 2.45) is 0 Å². The summed E-state index contributed by atoms with van der Waals surface area (Å²) >= 11 is 0. The minimum absolute atomic E-state index is 0.0237. The third-order valence-electron chi connectivity index (χ3n) is 4.03. The number of benzene rings is 1. The van der Waals surface area contributed by atoms with Crippen molar-refractivity contribution in [3.8, 4) is 0 Å². The van der Waals surface area contributed by atoms with E-state index < -0.39 is 0 Å². The Bertz CT molecular complexity index is 859. The molecular formula is C20H21N3O. The van der Waals surface area contributed by atoms with Crippen LogP contribution in [-0.2, 0) is 6.54 Å². The molecule has 24 heavy (non-hydrogen) atoms. The van der Waals surface area contributed by atoms with E-state index in [1.54, 1.807) is 12.4 Å². The normalized spacial score (nSPS) is 11.0. The van der Waals surface area contributed by atoms with E-state index in [1.165, 1.54) is 0 Å². The number of fused-ring (bicyclic) bond motifs is 1. The molecule has 4 nitrogen and oxygen atoms in total. The number of carbonyl (C=O) groups is 1. The summed E-state index contributed by atoms with van der Waals surface area (Å²) in [4.78, 5) is 23.8. The number of nitrogens with zero attached hydrogens (tertiary/aromatic N) is 3. The van der Waals surface area contributed by atoms with Crippen LogP contribution < -0.4 is 0 Å². The predicted molar refractivity (Wildman–Crippen MR) is 95.7 cm³/mol. The topological polar surface area (TPSA) is 46.1 Å². The third kappa shape index (κ3) is 3.27. The average molecular weight is 319 g/mol. The van der Waals surface area contributed by atoms with Crippen LogP contribution in [0.15, 0.2) is 54.9 Å². The molecule has 0 unspecified atom stereocenters. The summed E-state index contributed by atoms with van der Waals surface area (Å²) in [6.07, 6.45) is 3.54. The number of para-hydroxylation sites is 1. The first-order valence-corrected chi connectivity index (χ1v) is 8.12. The summed E-state index contributed by atoms with van der Waals surface area (Å²) < 4.78 is 0. The van der Waals surface area contributed by atoms with Gasteiger partial charge in [-0.25, -0.2) is 0 Å². The Hall–Kier alpha value is -2.75. The minimum Gasteiger partial charge on any atom is -0.332 e. The molecule has 3 aromatic rings. The van der Waals surface area contributed by atoms with Gasteiger partial charge >= 0.3 is 0 Å². The molecular weight excluding hydrogens is 298 g/mol. The van der Waals surface area contributed by atoms with Crippen molar-refractivity contribution in [2.75, 3.05) is 0 Å². The van der Waals surface area contributed by atoms with E-state index in [0.717, 1.165) is 22.2 Å². The number of aryl methyl sites for hydroxylation is 1. The lowest BCUT2D eigenvalue weighted by Crippen LogP contribution is -2.36. The fourth-order valence-electron chi connectivity index (χ4n) is 2.82. The highest BCUT2D eigenvalue weighted by Crippen LogP contribution is 2.21. The molecule has 2 heterocycles. The number of hydrogen-bond acceptors (Lipinski definition) is 3. The second kappa shape index (κ2) is 6.79. The molecule has 4 heteroatoms. The first-order chi connectivity index (χ1) is 11.6. The molecule has 0 saturated carbocycles. The molecule has 0 radical (unpaired) electrons. The smallest absolute Gasteiger partial charge is 0.255 e. The Morgan fingerprint density at radius 2 is 1.96 bits per heavy atom. The van der Waals surface area contributed by atoms with Crippen LogP contribution in [0.3, 0.4) is 0 Å². The molecule has 3 rings (SSSR count). The van der Waals surface area contributed by atoms with Crippen molar-refractivity contribution in [3.05, 3.63) is 71.7 Å². The highest BCUT2D eigenvalue weighted by molar-refractivity contribution is 6.06. The number of rotatable bonds is 4. The van der Waals surface area contributed by atoms with Gasteiger partial charge in [0.05, 0.1) is 11.1 Å². The van der Waals surface area contributed by atoms with Crippen LogP contribution in [0, 0.1) is 6.92 Å². The molecule has 0 fully saturated rings. The molecule has 0 spiro atoms. The lowest BCUT2D eigenvalue weighted by atomic mass is 10.1. The van der Waals surface area contributed by atoms with Gasteiger partial charge in [0.15, 0.2) is 0 Å². The first kappa shape index (κ1) is 16.1. The van der Waals surface area contributed by atoms with Crippen molar-refractivity contribution in [3.63, 3.8) is 0 Å². The quantitative estimate of drug-likeness (QED) is 0.730. The SMILES string of the molecule is Cc1cc(C(=O)N(Cc2cccnc2)C(C)C)c2ccccc2n1. The second-order valence-electron chi connectivity index (χ2n) is 6.22. The fourth-order valence-corrected chi connectivity index (χ4v) is 2.82. The molecule has 122 valence electrons. The summed E-state index contributed by atoms with van der Waals surface area (Å²) in [6.45, 7) is 6.53. The molecule has 0 bridgehead atoms. The summed E-state index contributed by atoms with van der Waals surface area (Å²) in [5.41, 5.74) is 3.43. The summed E-state index contributed by atoms with van der Waals surface area (Å²) in [5.74, 6) is 0.0237. The van der Waals surface area contributed by atoms with Crippen LogP contribution in [0.1, 0.15) is 35.5 Å². The van der Waals surface area contributed by atoms with E-state index in [9.17, 15) is 4.79 Å². The van der Waals surface area contributed by atoms with Crippen LogP contribution >= 0.6 is 0 Å². The van der Waals surface area contributed by atoms with Crippen molar-refractivity contribution >= 4 is 16.8 Å². The zero-order valence-corrected chi connectivity index (χ0v) is 14.2. The molecule has 0 aliphatic carbocycles. The number of aromatic nitrogens is 2. The number of carbonyl (C=O) groups excluding carboxylic acids is 1. The first-order valence-electron chi connectivity index (χ1n) is 8.12. The third-order valence-corrected chi connectivity index (χ3v) is 4.03. The number of amides is 1. The Labute approximate surface area is 142 Å². The van der Waals surface area contributed by atoms with Crippen LogP contribution in [0.4, 0.5) is 0 Å².